The van der Waals surface area contributed by atoms with Crippen molar-refractivity contribution in [3.63, 3.8) is 0 Å². The number of halogens is 2. The Kier molecular flexibility index (Phi) is 3.17. The fourth-order valence-corrected chi connectivity index (χ4v) is 2.09. The lowest BCUT2D eigenvalue weighted by atomic mass is 10.1. The van der Waals surface area contributed by atoms with Gasteiger partial charge in [0.2, 0.25) is 5.75 Å². The van der Waals surface area contributed by atoms with Crippen molar-refractivity contribution in [3.8, 4) is 17.2 Å². The van der Waals surface area contributed by atoms with Gasteiger partial charge in [-0.1, -0.05) is 0 Å². The van der Waals surface area contributed by atoms with Gasteiger partial charge in [0.05, 0.1) is 17.6 Å². The van der Waals surface area contributed by atoms with Crippen LogP contribution in [0.2, 0.25) is 0 Å². The molecule has 0 fully saturated rings. The lowest BCUT2D eigenvalue weighted by Crippen LogP contribution is -1.96. The third kappa shape index (κ3) is 2.49. The fraction of sp³-hybridized carbons (Fsp3) is 0.143. The van der Waals surface area contributed by atoms with Gasteiger partial charge in [0.1, 0.15) is 11.6 Å². The van der Waals surface area contributed by atoms with Crippen molar-refractivity contribution in [1.29, 1.82) is 0 Å². The molecule has 7 heteroatoms. The monoisotopic (exact) mass is 293 g/mol. The third-order valence-electron chi connectivity index (χ3n) is 3.08. The van der Waals surface area contributed by atoms with Crippen molar-refractivity contribution in [2.45, 2.75) is 6.42 Å². The van der Waals surface area contributed by atoms with Gasteiger partial charge in [-0.25, -0.2) is 8.78 Å². The van der Waals surface area contributed by atoms with Gasteiger partial charge in [0.25, 0.3) is 0 Å². The molecular weight excluding hydrogens is 284 g/mol. The first-order valence-corrected chi connectivity index (χ1v) is 6.11. The van der Waals surface area contributed by atoms with Crippen LogP contribution in [-0.2, 0) is 6.42 Å². The highest BCUT2D eigenvalue weighted by molar-refractivity contribution is 5.57. The molecule has 0 saturated carbocycles. The van der Waals surface area contributed by atoms with Crippen LogP contribution in [0.15, 0.2) is 30.3 Å². The van der Waals surface area contributed by atoms with E-state index in [1.807, 2.05) is 0 Å². The van der Waals surface area contributed by atoms with E-state index in [1.165, 1.54) is 12.1 Å². The van der Waals surface area contributed by atoms with Crippen molar-refractivity contribution in [3.05, 3.63) is 57.6 Å². The highest BCUT2D eigenvalue weighted by atomic mass is 19.1. The molecule has 108 valence electrons. The number of nitro groups is 1. The second-order valence-electron chi connectivity index (χ2n) is 4.46. The molecule has 0 spiro atoms. The number of benzene rings is 2. The van der Waals surface area contributed by atoms with Crippen LogP contribution in [0.4, 0.5) is 14.5 Å². The Bertz CT molecular complexity index is 733. The van der Waals surface area contributed by atoms with Crippen LogP contribution in [0, 0.1) is 21.7 Å². The van der Waals surface area contributed by atoms with E-state index in [9.17, 15) is 18.9 Å². The number of fused-ring (bicyclic) bond motifs is 1. The lowest BCUT2D eigenvalue weighted by molar-refractivity contribution is -0.385. The molecule has 0 unspecified atom stereocenters. The highest BCUT2D eigenvalue weighted by Gasteiger charge is 2.24. The topological polar surface area (TPSA) is 61.6 Å². The molecular formula is C14H9F2NO4. The molecule has 0 radical (unpaired) electrons. The van der Waals surface area contributed by atoms with Gasteiger partial charge in [0, 0.05) is 18.1 Å². The van der Waals surface area contributed by atoms with Gasteiger partial charge in [-0.15, -0.1) is 0 Å². The summed E-state index contributed by atoms with van der Waals surface area (Å²) in [4.78, 5) is 10.4. The lowest BCUT2D eigenvalue weighted by Gasteiger charge is -2.09. The summed E-state index contributed by atoms with van der Waals surface area (Å²) in [6.07, 6.45) is 0.593. The van der Waals surface area contributed by atoms with Gasteiger partial charge >= 0.3 is 5.69 Å². The minimum atomic E-state index is -0.930. The van der Waals surface area contributed by atoms with Crippen LogP contribution in [0.1, 0.15) is 5.56 Å². The summed E-state index contributed by atoms with van der Waals surface area (Å²) in [6, 6.07) is 5.44. The van der Waals surface area contributed by atoms with Crippen molar-refractivity contribution < 1.29 is 23.2 Å². The van der Waals surface area contributed by atoms with Crippen LogP contribution < -0.4 is 9.47 Å². The van der Waals surface area contributed by atoms with Gasteiger partial charge in [-0.3, -0.25) is 10.1 Å². The van der Waals surface area contributed by atoms with E-state index in [4.69, 9.17) is 9.47 Å². The average Bonchev–Trinajstić information content (AvgIpc) is 2.88. The van der Waals surface area contributed by atoms with Gasteiger partial charge < -0.3 is 9.47 Å². The van der Waals surface area contributed by atoms with E-state index in [0.717, 1.165) is 17.7 Å². The number of hydrogen-bond donors (Lipinski definition) is 0. The summed E-state index contributed by atoms with van der Waals surface area (Å²) >= 11 is 0. The number of nitro benzene ring substituents is 1. The van der Waals surface area contributed by atoms with E-state index in [1.54, 1.807) is 0 Å². The number of nitrogens with zero attached hydrogens (tertiary/aromatic N) is 1. The van der Waals surface area contributed by atoms with Crippen molar-refractivity contribution in [2.75, 3.05) is 6.61 Å². The first-order valence-electron chi connectivity index (χ1n) is 6.11. The number of hydrogen-bond acceptors (Lipinski definition) is 4. The van der Waals surface area contributed by atoms with Crippen LogP contribution in [0.25, 0.3) is 0 Å². The predicted molar refractivity (Wildman–Crippen MR) is 68.7 cm³/mol. The minimum absolute atomic E-state index is 0.102. The number of rotatable bonds is 3. The Morgan fingerprint density at radius 1 is 1.19 bits per heavy atom. The standard InChI is InChI=1S/C14H9F2NO4/c15-9-1-2-12(10(16)6-9)21-14-5-8-3-4-20-13(8)7-11(14)17(18)19/h1-2,5-7H,3-4H2. The molecule has 2 aromatic carbocycles. The second-order valence-corrected chi connectivity index (χ2v) is 4.46. The molecule has 0 saturated heterocycles. The fourth-order valence-electron chi connectivity index (χ4n) is 2.09. The summed E-state index contributed by atoms with van der Waals surface area (Å²) in [5.41, 5.74) is 0.414. The van der Waals surface area contributed by atoms with Crippen LogP contribution in [-0.4, -0.2) is 11.5 Å². The molecule has 0 N–H and O–H groups in total. The second kappa shape index (κ2) is 5.01. The summed E-state index contributed by atoms with van der Waals surface area (Å²) in [6.45, 7) is 0.431. The average molecular weight is 293 g/mol. The summed E-state index contributed by atoms with van der Waals surface area (Å²) < 4.78 is 36.9. The summed E-state index contributed by atoms with van der Waals surface area (Å²) in [5, 5.41) is 11.1. The Labute approximate surface area is 117 Å². The van der Waals surface area contributed by atoms with Crippen molar-refractivity contribution in [2.24, 2.45) is 0 Å². The predicted octanol–water partition coefficient (Wildman–Crippen LogP) is 3.60. The Hall–Kier alpha value is -2.70. The maximum atomic E-state index is 13.6. The Balaban J connectivity index is 2.03. The minimum Gasteiger partial charge on any atom is -0.493 e. The molecule has 0 aromatic heterocycles. The van der Waals surface area contributed by atoms with E-state index in [-0.39, 0.29) is 17.2 Å². The molecule has 1 heterocycles. The normalized spacial score (nSPS) is 12.7. The molecule has 1 aliphatic heterocycles. The van der Waals surface area contributed by atoms with E-state index < -0.39 is 16.6 Å². The molecule has 3 rings (SSSR count). The maximum Gasteiger partial charge on any atom is 0.315 e. The largest absolute Gasteiger partial charge is 0.493 e. The third-order valence-corrected chi connectivity index (χ3v) is 3.08. The molecule has 1 aliphatic rings. The molecule has 0 amide bonds. The van der Waals surface area contributed by atoms with Gasteiger partial charge in [0.15, 0.2) is 11.6 Å². The zero-order valence-electron chi connectivity index (χ0n) is 10.6. The van der Waals surface area contributed by atoms with E-state index >= 15 is 0 Å². The SMILES string of the molecule is O=[N+]([O-])c1cc2c(cc1Oc1ccc(F)cc1F)CCO2. The molecule has 0 atom stereocenters. The van der Waals surface area contributed by atoms with Crippen molar-refractivity contribution in [1.82, 2.24) is 0 Å². The molecule has 0 aliphatic carbocycles. The number of ether oxygens (including phenoxy) is 2. The van der Waals surface area contributed by atoms with Crippen LogP contribution in [0.5, 0.6) is 17.2 Å². The van der Waals surface area contributed by atoms with E-state index in [2.05, 4.69) is 0 Å². The van der Waals surface area contributed by atoms with Gasteiger partial charge in [-0.05, 0) is 18.2 Å². The van der Waals surface area contributed by atoms with Crippen LogP contribution >= 0.6 is 0 Å². The Morgan fingerprint density at radius 3 is 2.71 bits per heavy atom. The summed E-state index contributed by atoms with van der Waals surface area (Å²) in [5.74, 6) is -1.64. The molecule has 5 nitrogen and oxygen atoms in total. The molecule has 2 aromatic rings. The van der Waals surface area contributed by atoms with Crippen LogP contribution in [0.3, 0.4) is 0 Å². The quantitative estimate of drug-likeness (QED) is 0.640. The first kappa shape index (κ1) is 13.3. The van der Waals surface area contributed by atoms with E-state index in [0.29, 0.717) is 24.8 Å². The first-order chi connectivity index (χ1) is 10.0. The smallest absolute Gasteiger partial charge is 0.315 e. The zero-order chi connectivity index (χ0) is 15.0. The van der Waals surface area contributed by atoms with Crippen molar-refractivity contribution >= 4 is 5.69 Å². The van der Waals surface area contributed by atoms with Gasteiger partial charge in [-0.2, -0.15) is 0 Å². The Morgan fingerprint density at radius 2 is 2.00 bits per heavy atom. The molecule has 21 heavy (non-hydrogen) atoms. The zero-order valence-corrected chi connectivity index (χ0v) is 10.6. The molecule has 0 bridgehead atoms. The maximum absolute atomic E-state index is 13.6. The highest BCUT2D eigenvalue weighted by Crippen LogP contribution is 2.39. The summed E-state index contributed by atoms with van der Waals surface area (Å²) in [7, 11) is 0.